The fourth-order valence-electron chi connectivity index (χ4n) is 4.80. The number of aryl methyl sites for hydroxylation is 2. The van der Waals surface area contributed by atoms with Crippen molar-refractivity contribution in [3.63, 3.8) is 0 Å². The van der Waals surface area contributed by atoms with E-state index in [1.165, 1.54) is 4.31 Å². The van der Waals surface area contributed by atoms with Gasteiger partial charge in [0.05, 0.1) is 13.1 Å². The van der Waals surface area contributed by atoms with E-state index in [1.54, 1.807) is 18.7 Å². The molecule has 0 saturated carbocycles. The third-order valence-corrected chi connectivity index (χ3v) is 8.94. The Morgan fingerprint density at radius 2 is 1.27 bits per heavy atom. The number of likely N-dealkylation sites (tertiary alicyclic amines) is 1. The number of rotatable bonds is 6. The Hall–Kier alpha value is -2.02. The van der Waals surface area contributed by atoms with Crippen LogP contribution >= 0.6 is 0 Å². The molecular formula is C21H34N6O5S. The molecule has 0 unspecified atom stereocenters. The van der Waals surface area contributed by atoms with Crippen molar-refractivity contribution < 1.29 is 22.5 Å². The van der Waals surface area contributed by atoms with Crippen molar-refractivity contribution in [1.82, 2.24) is 29.1 Å². The molecule has 2 amide bonds. The topological polar surface area (TPSA) is 111 Å². The quantitative estimate of drug-likeness (QED) is 0.527. The van der Waals surface area contributed by atoms with Gasteiger partial charge in [0.15, 0.2) is 5.76 Å². The van der Waals surface area contributed by atoms with Crippen LogP contribution in [0.25, 0.3) is 0 Å². The minimum Gasteiger partial charge on any atom is -0.360 e. The van der Waals surface area contributed by atoms with Gasteiger partial charge in [-0.1, -0.05) is 5.16 Å². The van der Waals surface area contributed by atoms with Gasteiger partial charge in [0.2, 0.25) is 21.8 Å². The summed E-state index contributed by atoms with van der Waals surface area (Å²) in [5, 5.41) is 3.75. The highest BCUT2D eigenvalue weighted by molar-refractivity contribution is 7.89. The largest absolute Gasteiger partial charge is 0.360 e. The number of sulfonamides is 1. The second-order valence-electron chi connectivity index (χ2n) is 9.08. The molecule has 3 saturated heterocycles. The van der Waals surface area contributed by atoms with Gasteiger partial charge in [-0.25, -0.2) is 8.42 Å². The minimum absolute atomic E-state index is 0.0194. The van der Waals surface area contributed by atoms with Gasteiger partial charge >= 0.3 is 0 Å². The van der Waals surface area contributed by atoms with E-state index in [1.807, 2.05) is 4.90 Å². The highest BCUT2D eigenvalue weighted by atomic mass is 32.2. The van der Waals surface area contributed by atoms with Gasteiger partial charge in [0.25, 0.3) is 0 Å². The van der Waals surface area contributed by atoms with E-state index in [0.29, 0.717) is 31.9 Å². The summed E-state index contributed by atoms with van der Waals surface area (Å²) in [5.74, 6) is 0.514. The summed E-state index contributed by atoms with van der Waals surface area (Å²) >= 11 is 0. The lowest BCUT2D eigenvalue weighted by molar-refractivity contribution is -0.135. The van der Waals surface area contributed by atoms with Gasteiger partial charge in [-0.2, -0.15) is 4.31 Å². The van der Waals surface area contributed by atoms with E-state index < -0.39 is 10.0 Å². The molecular weight excluding hydrogens is 448 g/mol. The summed E-state index contributed by atoms with van der Waals surface area (Å²) < 4.78 is 32.3. The van der Waals surface area contributed by atoms with Crippen LogP contribution in [0.15, 0.2) is 9.42 Å². The smallest absolute Gasteiger partial charge is 0.248 e. The number of carbonyl (C=O) groups excluding carboxylic acids is 2. The molecule has 33 heavy (non-hydrogen) atoms. The first-order valence-corrected chi connectivity index (χ1v) is 13.1. The molecule has 1 aromatic rings. The molecule has 4 heterocycles. The molecule has 3 fully saturated rings. The predicted octanol–water partition coefficient (Wildman–Crippen LogP) is -0.636. The SMILES string of the molecule is Cc1noc(C)c1S(=O)(=O)N1CCN(C(=O)CN2CCN(CC(=O)N3CCCC3)CC2)CC1. The van der Waals surface area contributed by atoms with Crippen molar-refractivity contribution in [2.45, 2.75) is 31.6 Å². The lowest BCUT2D eigenvalue weighted by Crippen LogP contribution is -2.55. The number of aromatic nitrogens is 1. The summed E-state index contributed by atoms with van der Waals surface area (Å²) in [6.45, 7) is 10.0. The summed E-state index contributed by atoms with van der Waals surface area (Å²) in [7, 11) is -3.69. The Morgan fingerprint density at radius 3 is 1.73 bits per heavy atom. The molecule has 0 radical (unpaired) electrons. The van der Waals surface area contributed by atoms with Crippen molar-refractivity contribution in [1.29, 1.82) is 0 Å². The van der Waals surface area contributed by atoms with Crippen LogP contribution in [0.4, 0.5) is 0 Å². The van der Waals surface area contributed by atoms with E-state index in [2.05, 4.69) is 15.0 Å². The highest BCUT2D eigenvalue weighted by Gasteiger charge is 2.34. The number of carbonyl (C=O) groups is 2. The lowest BCUT2D eigenvalue weighted by atomic mass is 10.3. The molecule has 0 aliphatic carbocycles. The maximum atomic E-state index is 13.0. The Morgan fingerprint density at radius 1 is 0.788 bits per heavy atom. The predicted molar refractivity (Wildman–Crippen MR) is 120 cm³/mol. The van der Waals surface area contributed by atoms with E-state index in [4.69, 9.17) is 4.52 Å². The van der Waals surface area contributed by atoms with Crippen LogP contribution in [-0.2, 0) is 19.6 Å². The summed E-state index contributed by atoms with van der Waals surface area (Å²) in [6.07, 6.45) is 2.20. The molecule has 4 rings (SSSR count). The van der Waals surface area contributed by atoms with Gasteiger partial charge in [-0.3, -0.25) is 19.4 Å². The first-order valence-electron chi connectivity index (χ1n) is 11.7. The fraction of sp³-hybridized carbons (Fsp3) is 0.762. The van der Waals surface area contributed by atoms with Gasteiger partial charge in [0, 0.05) is 65.4 Å². The molecule has 0 spiro atoms. The molecule has 12 heteroatoms. The Bertz CT molecular complexity index is 938. The maximum Gasteiger partial charge on any atom is 0.248 e. The second kappa shape index (κ2) is 10.1. The molecule has 11 nitrogen and oxygen atoms in total. The van der Waals surface area contributed by atoms with Crippen molar-refractivity contribution in [3.05, 3.63) is 11.5 Å². The number of piperazine rings is 2. The number of hydrogen-bond acceptors (Lipinski definition) is 8. The molecule has 0 N–H and O–H groups in total. The fourth-order valence-corrected chi connectivity index (χ4v) is 6.52. The molecule has 3 aliphatic rings. The van der Waals surface area contributed by atoms with Gasteiger partial charge in [-0.05, 0) is 26.7 Å². The summed E-state index contributed by atoms with van der Waals surface area (Å²) in [5.41, 5.74) is 0.354. The molecule has 0 aromatic carbocycles. The monoisotopic (exact) mass is 482 g/mol. The van der Waals surface area contributed by atoms with Crippen molar-refractivity contribution in [2.24, 2.45) is 0 Å². The van der Waals surface area contributed by atoms with Gasteiger partial charge in [0.1, 0.15) is 10.6 Å². The van der Waals surface area contributed by atoms with Gasteiger partial charge in [-0.15, -0.1) is 0 Å². The average Bonchev–Trinajstić information content (AvgIpc) is 3.45. The van der Waals surface area contributed by atoms with Crippen LogP contribution < -0.4 is 0 Å². The molecule has 1 aromatic heterocycles. The van der Waals surface area contributed by atoms with Crippen molar-refractivity contribution >= 4 is 21.8 Å². The van der Waals surface area contributed by atoms with E-state index >= 15 is 0 Å². The normalized spacial score (nSPS) is 21.6. The van der Waals surface area contributed by atoms with Crippen LogP contribution in [0.5, 0.6) is 0 Å². The standard InChI is InChI=1S/C21H34N6O5S/c1-17-21(18(2)32-22-17)33(30,31)27-13-11-26(12-14-27)20(29)16-24-9-7-23(8-10-24)15-19(28)25-5-3-4-6-25/h3-16H2,1-2H3. The van der Waals surface area contributed by atoms with Crippen LogP contribution in [0, 0.1) is 13.8 Å². The van der Waals surface area contributed by atoms with Crippen LogP contribution in [0.2, 0.25) is 0 Å². The molecule has 0 atom stereocenters. The average molecular weight is 483 g/mol. The van der Waals surface area contributed by atoms with Gasteiger partial charge < -0.3 is 14.3 Å². The summed E-state index contributed by atoms with van der Waals surface area (Å²) in [6, 6.07) is 0. The van der Waals surface area contributed by atoms with E-state index in [-0.39, 0.29) is 35.6 Å². The first-order chi connectivity index (χ1) is 15.8. The second-order valence-corrected chi connectivity index (χ2v) is 11.0. The number of nitrogens with zero attached hydrogens (tertiary/aromatic N) is 6. The molecule has 184 valence electrons. The maximum absolute atomic E-state index is 13.0. The van der Waals surface area contributed by atoms with E-state index in [0.717, 1.165) is 52.1 Å². The lowest BCUT2D eigenvalue weighted by Gasteiger charge is -2.37. The summed E-state index contributed by atoms with van der Waals surface area (Å²) in [4.78, 5) is 33.2. The number of amides is 2. The first kappa shape index (κ1) is 24.1. The molecule has 0 bridgehead atoms. The zero-order valence-corrected chi connectivity index (χ0v) is 20.3. The Balaban J connectivity index is 1.21. The third-order valence-electron chi connectivity index (χ3n) is 6.80. The van der Waals surface area contributed by atoms with Crippen molar-refractivity contribution in [3.8, 4) is 0 Å². The van der Waals surface area contributed by atoms with E-state index in [9.17, 15) is 18.0 Å². The van der Waals surface area contributed by atoms with Crippen LogP contribution in [0.1, 0.15) is 24.3 Å². The number of hydrogen-bond donors (Lipinski definition) is 0. The Kier molecular flexibility index (Phi) is 7.37. The van der Waals surface area contributed by atoms with Crippen molar-refractivity contribution in [2.75, 3.05) is 78.5 Å². The van der Waals surface area contributed by atoms with Crippen LogP contribution in [-0.4, -0.2) is 128 Å². The zero-order chi connectivity index (χ0) is 23.6. The molecule has 3 aliphatic heterocycles. The minimum atomic E-state index is -3.69. The third kappa shape index (κ3) is 5.39. The van der Waals surface area contributed by atoms with Crippen LogP contribution in [0.3, 0.4) is 0 Å². The Labute approximate surface area is 195 Å². The zero-order valence-electron chi connectivity index (χ0n) is 19.5. The highest BCUT2D eigenvalue weighted by Crippen LogP contribution is 2.24.